The monoisotopic (exact) mass is 347 g/mol. The number of aryl methyl sites for hydroxylation is 1. The van der Waals surface area contributed by atoms with Gasteiger partial charge in [0.1, 0.15) is 5.76 Å². The van der Waals surface area contributed by atoms with Crippen LogP contribution in [0.25, 0.3) is 11.0 Å². The highest BCUT2D eigenvalue weighted by Crippen LogP contribution is 2.30. The van der Waals surface area contributed by atoms with Crippen LogP contribution < -0.4 is 5.32 Å². The zero-order chi connectivity index (χ0) is 15.0. The minimum absolute atomic E-state index is 0.108. The third-order valence-corrected chi connectivity index (χ3v) is 4.49. The van der Waals surface area contributed by atoms with Crippen LogP contribution in [0.5, 0.6) is 0 Å². The van der Waals surface area contributed by atoms with Gasteiger partial charge in [-0.1, -0.05) is 40.2 Å². The van der Waals surface area contributed by atoms with Crippen LogP contribution >= 0.6 is 15.9 Å². The maximum atomic E-state index is 13.8. The molecular formula is C17H15BrFNO. The van der Waals surface area contributed by atoms with E-state index in [0.29, 0.717) is 11.3 Å². The highest BCUT2D eigenvalue weighted by atomic mass is 79.9. The molecule has 1 N–H and O–H groups in total. The number of hydrogen-bond acceptors (Lipinski definition) is 2. The van der Waals surface area contributed by atoms with Crippen molar-refractivity contribution in [3.8, 4) is 0 Å². The van der Waals surface area contributed by atoms with Crippen molar-refractivity contribution >= 4 is 26.9 Å². The molecule has 3 rings (SSSR count). The Kier molecular flexibility index (Phi) is 3.83. The van der Waals surface area contributed by atoms with E-state index in [-0.39, 0.29) is 11.9 Å². The number of para-hydroxylation sites is 1. The van der Waals surface area contributed by atoms with Gasteiger partial charge in [-0.05, 0) is 43.3 Å². The van der Waals surface area contributed by atoms with Crippen LogP contribution in [0.15, 0.2) is 51.4 Å². The zero-order valence-electron chi connectivity index (χ0n) is 11.8. The van der Waals surface area contributed by atoms with E-state index in [0.717, 1.165) is 21.0 Å². The number of benzene rings is 2. The number of hydrogen-bond donors (Lipinski definition) is 1. The predicted octanol–water partition coefficient (Wildman–Crippen LogP) is 4.95. The standard InChI is InChI=1S/C17H15BrFNO/c1-10-8-11(6-7-13(10)18)16(20-2)15-9-12-4-3-5-14(19)17(12)21-15/h3-9,16,20H,1-2H3. The van der Waals surface area contributed by atoms with E-state index in [1.807, 2.05) is 38.2 Å². The van der Waals surface area contributed by atoms with E-state index >= 15 is 0 Å². The molecule has 2 aromatic carbocycles. The number of furan rings is 1. The minimum Gasteiger partial charge on any atom is -0.456 e. The summed E-state index contributed by atoms with van der Waals surface area (Å²) in [5.41, 5.74) is 2.54. The second kappa shape index (κ2) is 5.62. The highest BCUT2D eigenvalue weighted by Gasteiger charge is 2.18. The molecule has 0 saturated heterocycles. The van der Waals surface area contributed by atoms with Gasteiger partial charge in [0.2, 0.25) is 0 Å². The molecule has 108 valence electrons. The minimum atomic E-state index is -0.333. The van der Waals surface area contributed by atoms with Crippen LogP contribution in [-0.2, 0) is 0 Å². The van der Waals surface area contributed by atoms with Crippen LogP contribution in [0.3, 0.4) is 0 Å². The number of halogens is 2. The smallest absolute Gasteiger partial charge is 0.169 e. The molecule has 1 unspecified atom stereocenters. The molecule has 0 aliphatic rings. The summed E-state index contributed by atoms with van der Waals surface area (Å²) in [4.78, 5) is 0. The van der Waals surface area contributed by atoms with Crippen molar-refractivity contribution in [2.45, 2.75) is 13.0 Å². The highest BCUT2D eigenvalue weighted by molar-refractivity contribution is 9.10. The third-order valence-electron chi connectivity index (χ3n) is 3.60. The summed E-state index contributed by atoms with van der Waals surface area (Å²) in [7, 11) is 1.87. The summed E-state index contributed by atoms with van der Waals surface area (Å²) in [5, 5.41) is 4.01. The van der Waals surface area contributed by atoms with Gasteiger partial charge < -0.3 is 9.73 Å². The van der Waals surface area contributed by atoms with Crippen molar-refractivity contribution in [3.63, 3.8) is 0 Å². The molecule has 1 heterocycles. The Morgan fingerprint density at radius 3 is 2.67 bits per heavy atom. The van der Waals surface area contributed by atoms with Gasteiger partial charge in [0.05, 0.1) is 6.04 Å². The fourth-order valence-corrected chi connectivity index (χ4v) is 2.76. The third kappa shape index (κ3) is 2.61. The van der Waals surface area contributed by atoms with Crippen LogP contribution in [0.4, 0.5) is 4.39 Å². The molecule has 0 saturated carbocycles. The summed E-state index contributed by atoms with van der Waals surface area (Å²) in [6.07, 6.45) is 0. The van der Waals surface area contributed by atoms with Crippen LogP contribution in [0, 0.1) is 12.7 Å². The average molecular weight is 348 g/mol. The van der Waals surface area contributed by atoms with Gasteiger partial charge in [-0.15, -0.1) is 0 Å². The summed E-state index contributed by atoms with van der Waals surface area (Å²) in [6.45, 7) is 2.04. The molecule has 4 heteroatoms. The van der Waals surface area contributed by atoms with Crippen molar-refractivity contribution in [3.05, 3.63) is 69.6 Å². The van der Waals surface area contributed by atoms with Crippen molar-refractivity contribution in [2.24, 2.45) is 0 Å². The molecule has 0 aliphatic heterocycles. The molecule has 0 amide bonds. The Morgan fingerprint density at radius 2 is 2.00 bits per heavy atom. The lowest BCUT2D eigenvalue weighted by molar-refractivity contribution is 0.476. The van der Waals surface area contributed by atoms with Crippen molar-refractivity contribution in [2.75, 3.05) is 7.05 Å². The van der Waals surface area contributed by atoms with E-state index in [4.69, 9.17) is 4.42 Å². The fourth-order valence-electron chi connectivity index (χ4n) is 2.51. The second-order valence-electron chi connectivity index (χ2n) is 5.04. The normalized spacial score (nSPS) is 12.8. The fraction of sp³-hybridized carbons (Fsp3) is 0.176. The average Bonchev–Trinajstić information content (AvgIpc) is 2.89. The first-order valence-electron chi connectivity index (χ1n) is 6.71. The quantitative estimate of drug-likeness (QED) is 0.724. The topological polar surface area (TPSA) is 25.2 Å². The first-order valence-corrected chi connectivity index (χ1v) is 7.50. The predicted molar refractivity (Wildman–Crippen MR) is 86.0 cm³/mol. The van der Waals surface area contributed by atoms with Crippen LogP contribution in [-0.4, -0.2) is 7.05 Å². The lowest BCUT2D eigenvalue weighted by Gasteiger charge is -2.15. The van der Waals surface area contributed by atoms with Gasteiger partial charge in [0, 0.05) is 9.86 Å². The summed E-state index contributed by atoms with van der Waals surface area (Å²) >= 11 is 3.50. The first-order chi connectivity index (χ1) is 10.1. The van der Waals surface area contributed by atoms with Gasteiger partial charge in [0.25, 0.3) is 0 Å². The molecule has 1 atom stereocenters. The van der Waals surface area contributed by atoms with E-state index < -0.39 is 0 Å². The summed E-state index contributed by atoms with van der Waals surface area (Å²) in [6, 6.07) is 12.9. The second-order valence-corrected chi connectivity index (χ2v) is 5.89. The largest absolute Gasteiger partial charge is 0.456 e. The Labute approximate surface area is 131 Å². The Bertz CT molecular complexity index is 797. The lowest BCUT2D eigenvalue weighted by Crippen LogP contribution is -2.17. The van der Waals surface area contributed by atoms with E-state index in [9.17, 15) is 4.39 Å². The maximum Gasteiger partial charge on any atom is 0.169 e. The number of fused-ring (bicyclic) bond motifs is 1. The molecule has 0 bridgehead atoms. The van der Waals surface area contributed by atoms with E-state index in [1.54, 1.807) is 6.07 Å². The Hall–Kier alpha value is -1.65. The first kappa shape index (κ1) is 14.3. The van der Waals surface area contributed by atoms with Gasteiger partial charge in [-0.3, -0.25) is 0 Å². The zero-order valence-corrected chi connectivity index (χ0v) is 13.4. The van der Waals surface area contributed by atoms with Crippen molar-refractivity contribution in [1.29, 1.82) is 0 Å². The van der Waals surface area contributed by atoms with Crippen LogP contribution in [0.1, 0.15) is 22.9 Å². The number of rotatable bonds is 3. The molecule has 3 aromatic rings. The maximum absolute atomic E-state index is 13.8. The molecule has 0 fully saturated rings. The Morgan fingerprint density at radius 1 is 1.19 bits per heavy atom. The van der Waals surface area contributed by atoms with Gasteiger partial charge in [-0.25, -0.2) is 4.39 Å². The SMILES string of the molecule is CNC(c1ccc(Br)c(C)c1)c1cc2cccc(F)c2o1. The van der Waals surface area contributed by atoms with E-state index in [1.165, 1.54) is 6.07 Å². The molecule has 1 aromatic heterocycles. The summed E-state index contributed by atoms with van der Waals surface area (Å²) < 4.78 is 20.6. The molecule has 0 radical (unpaired) electrons. The van der Waals surface area contributed by atoms with Gasteiger partial charge >= 0.3 is 0 Å². The molecule has 2 nitrogen and oxygen atoms in total. The van der Waals surface area contributed by atoms with Gasteiger partial charge in [0.15, 0.2) is 11.4 Å². The Balaban J connectivity index is 2.09. The number of nitrogens with one attached hydrogen (secondary N) is 1. The van der Waals surface area contributed by atoms with Crippen LogP contribution in [0.2, 0.25) is 0 Å². The summed E-state index contributed by atoms with van der Waals surface area (Å²) in [5.74, 6) is 0.375. The molecular weight excluding hydrogens is 333 g/mol. The lowest BCUT2D eigenvalue weighted by atomic mass is 10.0. The molecule has 21 heavy (non-hydrogen) atoms. The molecule has 0 aliphatic carbocycles. The van der Waals surface area contributed by atoms with Gasteiger partial charge in [-0.2, -0.15) is 0 Å². The molecule has 0 spiro atoms. The van der Waals surface area contributed by atoms with Crippen molar-refractivity contribution in [1.82, 2.24) is 5.32 Å². The van der Waals surface area contributed by atoms with E-state index in [2.05, 4.69) is 27.3 Å². The van der Waals surface area contributed by atoms with Crippen molar-refractivity contribution < 1.29 is 8.81 Å².